The average molecular weight is 379 g/mol. The molecule has 1 aromatic heterocycles. The minimum atomic E-state index is -0.454. The van der Waals surface area contributed by atoms with Crippen LogP contribution in [0.2, 0.25) is 0 Å². The monoisotopic (exact) mass is 378 g/mol. The van der Waals surface area contributed by atoms with Crippen LogP contribution in [0.3, 0.4) is 0 Å². The van der Waals surface area contributed by atoms with E-state index in [0.717, 1.165) is 11.1 Å². The Balaban J connectivity index is 0.000000325. The zero-order valence-corrected chi connectivity index (χ0v) is 17.9. The summed E-state index contributed by atoms with van der Waals surface area (Å²) in [4.78, 5) is 15.9. The van der Waals surface area contributed by atoms with Crippen LogP contribution in [0.25, 0.3) is 0 Å². The third kappa shape index (κ3) is 13.2. The van der Waals surface area contributed by atoms with Gasteiger partial charge in [-0.1, -0.05) is 25.7 Å². The SMILES string of the molecule is C1CC1.C1CCNCC1.CCOc1ncc(CC(=O)OC(C)(C)C)cc1C. The van der Waals surface area contributed by atoms with Gasteiger partial charge in [-0.15, -0.1) is 0 Å². The first kappa shape index (κ1) is 23.4. The summed E-state index contributed by atoms with van der Waals surface area (Å²) in [5.74, 6) is 0.373. The predicted octanol–water partition coefficient (Wildman–Crippen LogP) is 4.60. The number of rotatable bonds is 4. The maximum absolute atomic E-state index is 11.7. The van der Waals surface area contributed by atoms with Crippen molar-refractivity contribution in [3.8, 4) is 5.88 Å². The molecule has 0 radical (unpaired) electrons. The Labute approximate surface area is 165 Å². The van der Waals surface area contributed by atoms with Gasteiger partial charge in [-0.3, -0.25) is 4.79 Å². The molecule has 3 rings (SSSR count). The largest absolute Gasteiger partial charge is 0.478 e. The van der Waals surface area contributed by atoms with Gasteiger partial charge in [0.2, 0.25) is 5.88 Å². The molecular formula is C22H38N2O3. The number of carbonyl (C=O) groups is 1. The highest BCUT2D eigenvalue weighted by Crippen LogP contribution is 2.17. The lowest BCUT2D eigenvalue weighted by Crippen LogP contribution is -2.25. The van der Waals surface area contributed by atoms with Crippen LogP contribution in [-0.4, -0.2) is 36.3 Å². The fourth-order valence-corrected chi connectivity index (χ4v) is 2.35. The third-order valence-electron chi connectivity index (χ3n) is 3.70. The molecule has 0 amide bonds. The van der Waals surface area contributed by atoms with Crippen LogP contribution in [0, 0.1) is 6.92 Å². The van der Waals surface area contributed by atoms with E-state index in [-0.39, 0.29) is 12.4 Å². The van der Waals surface area contributed by atoms with E-state index < -0.39 is 5.60 Å². The number of hydrogen-bond donors (Lipinski definition) is 1. The zero-order chi connectivity index (χ0) is 20.1. The summed E-state index contributed by atoms with van der Waals surface area (Å²) in [5.41, 5.74) is 1.31. The van der Waals surface area contributed by atoms with Crippen LogP contribution in [0.4, 0.5) is 0 Å². The summed E-state index contributed by atoms with van der Waals surface area (Å²) in [7, 11) is 0. The molecule has 0 atom stereocenters. The standard InChI is InChI=1S/C14H21NO3.C5H11N.C3H6/c1-6-17-13-10(2)7-11(9-15-13)8-12(16)18-14(3,4)5;1-2-4-6-5-3-1;1-2-3-1/h7,9H,6,8H2,1-5H3;6H,1-5H2;1-3H2. The first-order valence-corrected chi connectivity index (χ1v) is 10.3. The molecule has 0 unspecified atom stereocenters. The minimum Gasteiger partial charge on any atom is -0.478 e. The summed E-state index contributed by atoms with van der Waals surface area (Å²) in [6.45, 7) is 12.5. The van der Waals surface area contributed by atoms with Gasteiger partial charge < -0.3 is 14.8 Å². The Hall–Kier alpha value is -1.62. The van der Waals surface area contributed by atoms with Gasteiger partial charge >= 0.3 is 5.97 Å². The molecule has 1 saturated heterocycles. The van der Waals surface area contributed by atoms with Crippen LogP contribution < -0.4 is 10.1 Å². The molecule has 1 aromatic rings. The van der Waals surface area contributed by atoms with Crippen molar-refractivity contribution in [1.82, 2.24) is 10.3 Å². The molecule has 1 aliphatic heterocycles. The van der Waals surface area contributed by atoms with Crippen molar-refractivity contribution in [3.05, 3.63) is 23.4 Å². The van der Waals surface area contributed by atoms with E-state index in [9.17, 15) is 4.79 Å². The van der Waals surface area contributed by atoms with Crippen molar-refractivity contribution < 1.29 is 14.3 Å². The maximum Gasteiger partial charge on any atom is 0.310 e. The number of carbonyl (C=O) groups excluding carboxylic acids is 1. The smallest absolute Gasteiger partial charge is 0.310 e. The van der Waals surface area contributed by atoms with E-state index in [0.29, 0.717) is 12.5 Å². The molecular weight excluding hydrogens is 340 g/mol. The molecule has 2 heterocycles. The molecule has 2 aliphatic rings. The zero-order valence-electron chi connectivity index (χ0n) is 17.9. The highest BCUT2D eigenvalue weighted by molar-refractivity contribution is 5.73. The molecule has 0 bridgehead atoms. The topological polar surface area (TPSA) is 60.5 Å². The molecule has 2 fully saturated rings. The average Bonchev–Trinajstić information content (AvgIpc) is 3.47. The third-order valence-corrected chi connectivity index (χ3v) is 3.70. The van der Waals surface area contributed by atoms with Crippen molar-refractivity contribution in [1.29, 1.82) is 0 Å². The second kappa shape index (κ2) is 12.7. The van der Waals surface area contributed by atoms with Gasteiger partial charge in [0.05, 0.1) is 13.0 Å². The quantitative estimate of drug-likeness (QED) is 0.776. The number of piperidine rings is 1. The second-order valence-electron chi connectivity index (χ2n) is 8.03. The lowest BCUT2D eigenvalue weighted by molar-refractivity contribution is -0.153. The first-order chi connectivity index (χ1) is 12.8. The van der Waals surface area contributed by atoms with Crippen molar-refractivity contribution in [2.75, 3.05) is 19.7 Å². The summed E-state index contributed by atoms with van der Waals surface area (Å²) < 4.78 is 10.6. The van der Waals surface area contributed by atoms with Crippen LogP contribution in [0.5, 0.6) is 5.88 Å². The number of pyridine rings is 1. The normalized spacial score (nSPS) is 15.4. The van der Waals surface area contributed by atoms with E-state index in [4.69, 9.17) is 9.47 Å². The maximum atomic E-state index is 11.7. The van der Waals surface area contributed by atoms with Crippen LogP contribution in [-0.2, 0) is 16.0 Å². The van der Waals surface area contributed by atoms with E-state index in [1.807, 2.05) is 40.7 Å². The Morgan fingerprint density at radius 2 is 1.70 bits per heavy atom. The first-order valence-electron chi connectivity index (χ1n) is 10.3. The second-order valence-corrected chi connectivity index (χ2v) is 8.03. The summed E-state index contributed by atoms with van der Waals surface area (Å²) in [6.07, 6.45) is 10.6. The van der Waals surface area contributed by atoms with E-state index >= 15 is 0 Å². The van der Waals surface area contributed by atoms with Gasteiger partial charge in [0, 0.05) is 11.8 Å². The Morgan fingerprint density at radius 1 is 1.11 bits per heavy atom. The number of nitrogens with zero attached hydrogens (tertiary/aromatic N) is 1. The molecule has 5 heteroatoms. The van der Waals surface area contributed by atoms with Crippen LogP contribution >= 0.6 is 0 Å². The summed E-state index contributed by atoms with van der Waals surface area (Å²) >= 11 is 0. The van der Waals surface area contributed by atoms with Crippen molar-refractivity contribution in [2.45, 2.75) is 85.2 Å². The lowest BCUT2D eigenvalue weighted by Gasteiger charge is -2.19. The number of ether oxygens (including phenoxy) is 2. The fraction of sp³-hybridized carbons (Fsp3) is 0.727. The number of aromatic nitrogens is 1. The molecule has 5 nitrogen and oxygen atoms in total. The van der Waals surface area contributed by atoms with E-state index in [1.54, 1.807) is 6.20 Å². The molecule has 1 aliphatic carbocycles. The minimum absolute atomic E-state index is 0.234. The van der Waals surface area contributed by atoms with Crippen molar-refractivity contribution in [3.63, 3.8) is 0 Å². The molecule has 0 aromatic carbocycles. The molecule has 0 spiro atoms. The van der Waals surface area contributed by atoms with Gasteiger partial charge in [-0.25, -0.2) is 4.98 Å². The van der Waals surface area contributed by atoms with Gasteiger partial charge in [0.1, 0.15) is 5.60 Å². The lowest BCUT2D eigenvalue weighted by atomic mass is 10.1. The van der Waals surface area contributed by atoms with Gasteiger partial charge in [0.15, 0.2) is 0 Å². The Kier molecular flexibility index (Phi) is 11.0. The predicted molar refractivity (Wildman–Crippen MR) is 110 cm³/mol. The van der Waals surface area contributed by atoms with Crippen molar-refractivity contribution >= 4 is 5.97 Å². The van der Waals surface area contributed by atoms with Crippen LogP contribution in [0.15, 0.2) is 12.3 Å². The van der Waals surface area contributed by atoms with Crippen molar-refractivity contribution in [2.24, 2.45) is 0 Å². The van der Waals surface area contributed by atoms with E-state index in [1.165, 1.54) is 51.6 Å². The fourth-order valence-electron chi connectivity index (χ4n) is 2.35. The molecule has 1 saturated carbocycles. The van der Waals surface area contributed by atoms with Gasteiger partial charge in [0.25, 0.3) is 0 Å². The van der Waals surface area contributed by atoms with Gasteiger partial charge in [-0.05, 0) is 72.2 Å². The number of nitrogens with one attached hydrogen (secondary N) is 1. The van der Waals surface area contributed by atoms with Gasteiger partial charge in [-0.2, -0.15) is 0 Å². The Bertz CT molecular complexity index is 533. The van der Waals surface area contributed by atoms with E-state index in [2.05, 4.69) is 10.3 Å². The molecule has 1 N–H and O–H groups in total. The number of hydrogen-bond acceptors (Lipinski definition) is 5. The Morgan fingerprint density at radius 3 is 2.07 bits per heavy atom. The number of esters is 1. The summed E-state index contributed by atoms with van der Waals surface area (Å²) in [6, 6.07) is 1.90. The summed E-state index contributed by atoms with van der Waals surface area (Å²) in [5, 5.41) is 3.28. The molecule has 27 heavy (non-hydrogen) atoms. The van der Waals surface area contributed by atoms with Crippen LogP contribution in [0.1, 0.15) is 77.3 Å². The number of aryl methyl sites for hydroxylation is 1. The molecule has 154 valence electrons. The highest BCUT2D eigenvalue weighted by atomic mass is 16.6. The highest BCUT2D eigenvalue weighted by Gasteiger charge is 2.17.